The van der Waals surface area contributed by atoms with Crippen LogP contribution >= 0.6 is 0 Å². The number of ether oxygens (including phenoxy) is 1. The second kappa shape index (κ2) is 6.33. The van der Waals surface area contributed by atoms with Gasteiger partial charge in [-0.1, -0.05) is 72.8 Å². The van der Waals surface area contributed by atoms with Crippen molar-refractivity contribution in [1.29, 1.82) is 0 Å². The van der Waals surface area contributed by atoms with Gasteiger partial charge in [-0.25, -0.2) is 8.98 Å². The van der Waals surface area contributed by atoms with Crippen molar-refractivity contribution in [3.63, 3.8) is 0 Å². The normalized spacial score (nSPS) is 16.5. The summed E-state index contributed by atoms with van der Waals surface area (Å²) in [4.78, 5) is 12.1. The molecule has 0 radical (unpaired) electrons. The molecule has 0 unspecified atom stereocenters. The van der Waals surface area contributed by atoms with Crippen LogP contribution in [0.25, 0.3) is 0 Å². The summed E-state index contributed by atoms with van der Waals surface area (Å²) < 4.78 is 36.6. The maximum absolute atomic E-state index is 13.0. The number of methoxy groups -OCH3 is 1. The maximum Gasteiger partial charge on any atom is 0.339 e. The van der Waals surface area contributed by atoms with Gasteiger partial charge in [0.25, 0.3) is 10.1 Å². The van der Waals surface area contributed by atoms with Gasteiger partial charge in [0.2, 0.25) is 0 Å². The molecule has 0 saturated carbocycles. The number of hydrogen-bond acceptors (Lipinski definition) is 5. The van der Waals surface area contributed by atoms with Gasteiger partial charge in [0.05, 0.1) is 12.7 Å². The van der Waals surface area contributed by atoms with Crippen LogP contribution in [0.3, 0.4) is 0 Å². The van der Waals surface area contributed by atoms with Crippen LogP contribution in [0.5, 0.6) is 0 Å². The average molecular weight is 380 g/mol. The lowest BCUT2D eigenvalue weighted by molar-refractivity contribution is 0.0596. The highest BCUT2D eigenvalue weighted by atomic mass is 32.2. The van der Waals surface area contributed by atoms with Gasteiger partial charge in [-0.3, -0.25) is 0 Å². The zero-order valence-corrected chi connectivity index (χ0v) is 15.3. The summed E-state index contributed by atoms with van der Waals surface area (Å²) in [6, 6.07) is 22.9. The molecule has 0 atom stereocenters. The lowest BCUT2D eigenvalue weighted by Gasteiger charge is -2.29. The molecule has 0 spiro atoms. The number of esters is 1. The molecule has 136 valence electrons. The van der Waals surface area contributed by atoms with E-state index in [1.807, 2.05) is 60.7 Å². The Morgan fingerprint density at radius 1 is 0.852 bits per heavy atom. The fourth-order valence-corrected chi connectivity index (χ4v) is 5.12. The molecule has 0 aromatic heterocycles. The highest BCUT2D eigenvalue weighted by Crippen LogP contribution is 2.51. The van der Waals surface area contributed by atoms with Crippen LogP contribution in [0.15, 0.2) is 83.8 Å². The number of rotatable bonds is 3. The SMILES string of the molecule is COC(=O)c1cccc2c1S(=O)(=O)OC2(c1ccccc1)c1ccccc1. The van der Waals surface area contributed by atoms with Crippen molar-refractivity contribution in [2.45, 2.75) is 10.5 Å². The van der Waals surface area contributed by atoms with E-state index in [2.05, 4.69) is 0 Å². The van der Waals surface area contributed by atoms with Crippen molar-refractivity contribution in [3.8, 4) is 0 Å². The van der Waals surface area contributed by atoms with Crippen LogP contribution in [0.1, 0.15) is 27.0 Å². The zero-order chi connectivity index (χ0) is 19.1. The molecule has 3 aromatic carbocycles. The molecular weight excluding hydrogens is 364 g/mol. The molecule has 0 fully saturated rings. The fraction of sp³-hybridized carbons (Fsp3) is 0.0952. The summed E-state index contributed by atoms with van der Waals surface area (Å²) >= 11 is 0. The Kier molecular flexibility index (Phi) is 4.09. The van der Waals surface area contributed by atoms with Crippen molar-refractivity contribution < 1.29 is 22.1 Å². The van der Waals surface area contributed by atoms with Gasteiger partial charge < -0.3 is 4.74 Å². The Hall–Kier alpha value is -2.96. The Balaban J connectivity index is 2.13. The Bertz CT molecular complexity index is 1070. The standard InChI is InChI=1S/C21H16O5S/c1-25-20(22)17-13-8-14-18-19(17)27(23,24)26-21(18,15-9-4-2-5-10-15)16-11-6-3-7-12-16/h2-14H,1H3. The van der Waals surface area contributed by atoms with Gasteiger partial charge >= 0.3 is 5.97 Å². The number of hydrogen-bond donors (Lipinski definition) is 0. The third-order valence-electron chi connectivity index (χ3n) is 4.64. The second-order valence-electron chi connectivity index (χ2n) is 6.12. The van der Waals surface area contributed by atoms with Crippen LogP contribution in [0.4, 0.5) is 0 Å². The number of benzene rings is 3. The van der Waals surface area contributed by atoms with Crippen LogP contribution in [0.2, 0.25) is 0 Å². The Morgan fingerprint density at radius 3 is 1.93 bits per heavy atom. The molecule has 5 nitrogen and oxygen atoms in total. The van der Waals surface area contributed by atoms with E-state index in [4.69, 9.17) is 8.92 Å². The summed E-state index contributed by atoms with van der Waals surface area (Å²) in [6.07, 6.45) is 0. The van der Waals surface area contributed by atoms with Gasteiger partial charge in [-0.15, -0.1) is 0 Å². The highest BCUT2D eigenvalue weighted by Gasteiger charge is 2.52. The predicted molar refractivity (Wildman–Crippen MR) is 98.8 cm³/mol. The molecule has 0 bridgehead atoms. The first kappa shape index (κ1) is 17.5. The quantitative estimate of drug-likeness (QED) is 0.514. The molecule has 3 aromatic rings. The average Bonchev–Trinajstić information content (AvgIpc) is 2.97. The Labute approximate surface area is 157 Å². The topological polar surface area (TPSA) is 69.7 Å². The molecule has 1 aliphatic heterocycles. The molecule has 6 heteroatoms. The van der Waals surface area contributed by atoms with E-state index in [1.54, 1.807) is 12.1 Å². The van der Waals surface area contributed by atoms with Crippen LogP contribution in [0, 0.1) is 0 Å². The Morgan fingerprint density at radius 2 is 1.41 bits per heavy atom. The van der Waals surface area contributed by atoms with Gasteiger partial charge in [0, 0.05) is 5.56 Å². The van der Waals surface area contributed by atoms with Crippen molar-refractivity contribution >= 4 is 16.1 Å². The van der Waals surface area contributed by atoms with Crippen LogP contribution in [-0.4, -0.2) is 21.5 Å². The minimum atomic E-state index is -4.20. The van der Waals surface area contributed by atoms with Crippen LogP contribution < -0.4 is 0 Å². The number of fused-ring (bicyclic) bond motifs is 1. The number of carbonyl (C=O) groups excluding carboxylic acids is 1. The van der Waals surface area contributed by atoms with Gasteiger partial charge in [0.1, 0.15) is 4.90 Å². The van der Waals surface area contributed by atoms with Crippen molar-refractivity contribution in [2.24, 2.45) is 0 Å². The van der Waals surface area contributed by atoms with Gasteiger partial charge in [-0.2, -0.15) is 8.42 Å². The maximum atomic E-state index is 13.0. The summed E-state index contributed by atoms with van der Waals surface area (Å²) in [5, 5.41) is 0. The predicted octanol–water partition coefficient (Wildman–Crippen LogP) is 3.48. The molecule has 0 saturated heterocycles. The summed E-state index contributed by atoms with van der Waals surface area (Å²) in [5.41, 5.74) is 0.286. The van der Waals surface area contributed by atoms with Crippen molar-refractivity contribution in [1.82, 2.24) is 0 Å². The highest BCUT2D eigenvalue weighted by molar-refractivity contribution is 7.87. The first-order valence-electron chi connectivity index (χ1n) is 8.29. The molecule has 0 N–H and O–H groups in total. The van der Waals surface area contributed by atoms with E-state index in [0.717, 1.165) is 0 Å². The minimum Gasteiger partial charge on any atom is -0.465 e. The van der Waals surface area contributed by atoms with E-state index in [9.17, 15) is 13.2 Å². The van der Waals surface area contributed by atoms with Crippen molar-refractivity contribution in [2.75, 3.05) is 7.11 Å². The van der Waals surface area contributed by atoms with E-state index in [1.165, 1.54) is 13.2 Å². The second-order valence-corrected chi connectivity index (χ2v) is 7.61. The van der Waals surface area contributed by atoms with Crippen molar-refractivity contribution in [3.05, 3.63) is 101 Å². The summed E-state index contributed by atoms with van der Waals surface area (Å²) in [6.45, 7) is 0. The minimum absolute atomic E-state index is 0.0382. The molecule has 1 heterocycles. The molecule has 0 aliphatic carbocycles. The van der Waals surface area contributed by atoms with E-state index in [-0.39, 0.29) is 10.5 Å². The molecule has 0 amide bonds. The van der Waals surface area contributed by atoms with Crippen LogP contribution in [-0.2, 0) is 24.6 Å². The van der Waals surface area contributed by atoms with Gasteiger partial charge in [-0.05, 0) is 17.2 Å². The largest absolute Gasteiger partial charge is 0.465 e. The molecular formula is C21H16O5S. The van der Waals surface area contributed by atoms with E-state index < -0.39 is 21.7 Å². The van der Waals surface area contributed by atoms with Gasteiger partial charge in [0.15, 0.2) is 5.60 Å². The first-order chi connectivity index (χ1) is 13.0. The number of carbonyl (C=O) groups is 1. The third-order valence-corrected chi connectivity index (χ3v) is 6.05. The first-order valence-corrected chi connectivity index (χ1v) is 9.70. The lowest BCUT2D eigenvalue weighted by Crippen LogP contribution is -2.29. The molecule has 27 heavy (non-hydrogen) atoms. The molecule has 1 aliphatic rings. The fourth-order valence-electron chi connectivity index (χ4n) is 3.53. The summed E-state index contributed by atoms with van der Waals surface area (Å²) in [5.74, 6) is -0.726. The lowest BCUT2D eigenvalue weighted by atomic mass is 9.80. The summed E-state index contributed by atoms with van der Waals surface area (Å²) in [7, 11) is -2.98. The smallest absolute Gasteiger partial charge is 0.339 e. The van der Waals surface area contributed by atoms with E-state index >= 15 is 0 Å². The monoisotopic (exact) mass is 380 g/mol. The van der Waals surface area contributed by atoms with E-state index in [0.29, 0.717) is 16.7 Å². The third kappa shape index (κ3) is 2.57. The molecule has 4 rings (SSSR count). The zero-order valence-electron chi connectivity index (χ0n) is 14.5.